The first-order valence-electron chi connectivity index (χ1n) is 11.2. The fourth-order valence-electron chi connectivity index (χ4n) is 4.00. The monoisotopic (exact) mass is 508 g/mol. The van der Waals surface area contributed by atoms with Gasteiger partial charge >= 0.3 is 0 Å². The van der Waals surface area contributed by atoms with E-state index in [9.17, 15) is 18.4 Å². The number of aromatic nitrogens is 1. The molecule has 0 unspecified atom stereocenters. The third-order valence-electron chi connectivity index (χ3n) is 5.80. The number of amides is 1. The van der Waals surface area contributed by atoms with Crippen LogP contribution in [0.25, 0.3) is 5.70 Å². The molecule has 36 heavy (non-hydrogen) atoms. The second-order valence-corrected chi connectivity index (χ2v) is 9.36. The largest absolute Gasteiger partial charge is 0.347 e. The molecule has 0 bridgehead atoms. The van der Waals surface area contributed by atoms with Crippen LogP contribution in [0.1, 0.15) is 25.7 Å². The van der Waals surface area contributed by atoms with Crippen LogP contribution < -0.4 is 16.2 Å². The van der Waals surface area contributed by atoms with E-state index in [0.717, 1.165) is 52.3 Å². The van der Waals surface area contributed by atoms with Crippen molar-refractivity contribution in [1.82, 2.24) is 20.1 Å². The Bertz CT molecular complexity index is 1490. The molecular weight excluding hydrogens is 486 g/mol. The van der Waals surface area contributed by atoms with Crippen molar-refractivity contribution in [1.29, 1.82) is 0 Å². The molecule has 11 heteroatoms. The maximum absolute atomic E-state index is 13.5. The van der Waals surface area contributed by atoms with Crippen LogP contribution in [0.15, 0.2) is 69.6 Å². The van der Waals surface area contributed by atoms with Crippen molar-refractivity contribution in [3.8, 4) is 0 Å². The van der Waals surface area contributed by atoms with Gasteiger partial charge < -0.3 is 20.1 Å². The Labute approximate surface area is 209 Å². The lowest BCUT2D eigenvalue weighted by molar-refractivity contribution is 0.0949. The second kappa shape index (κ2) is 9.86. The van der Waals surface area contributed by atoms with Gasteiger partial charge in [0.05, 0.1) is 30.2 Å². The molecular formula is C25H22F2N6O2S. The smallest absolute Gasteiger partial charge is 0.263 e. The molecule has 2 aliphatic heterocycles. The summed E-state index contributed by atoms with van der Waals surface area (Å²) in [4.78, 5) is 38.3. The highest BCUT2D eigenvalue weighted by Crippen LogP contribution is 2.26. The summed E-state index contributed by atoms with van der Waals surface area (Å²) in [6, 6.07) is 10.3. The molecule has 0 radical (unpaired) electrons. The van der Waals surface area contributed by atoms with Gasteiger partial charge in [-0.2, -0.15) is 0 Å². The highest BCUT2D eigenvalue weighted by atomic mass is 32.1. The van der Waals surface area contributed by atoms with E-state index in [1.54, 1.807) is 13.1 Å². The maximum atomic E-state index is 13.5. The molecule has 8 nitrogen and oxygen atoms in total. The van der Waals surface area contributed by atoms with E-state index < -0.39 is 23.1 Å². The molecule has 5 rings (SSSR count). The lowest BCUT2D eigenvalue weighted by atomic mass is 10.2. The molecule has 0 atom stereocenters. The number of benzene rings is 1. The number of fused-ring (bicyclic) bond motifs is 1. The zero-order valence-corrected chi connectivity index (χ0v) is 20.1. The minimum absolute atomic E-state index is 0.0139. The Morgan fingerprint density at radius 3 is 2.89 bits per heavy atom. The van der Waals surface area contributed by atoms with Crippen molar-refractivity contribution in [3.63, 3.8) is 0 Å². The molecule has 184 valence electrons. The molecule has 1 amide bonds. The number of hydrogen-bond donors (Lipinski definition) is 2. The standard InChI is InChI=1S/C25H22F2N6O2S/c1-28-22-23-29-8-10-32(23)14-20(31-22)21-7-5-16(36-21)12-30-24(34)17-3-2-9-33(25(17)35)13-15-4-6-18(26)19(27)11-15/h2-7,9,11,14H,8,10,12-13H2,1H3,(H,28,31)(H,30,34). The predicted molar refractivity (Wildman–Crippen MR) is 135 cm³/mol. The topological polar surface area (TPSA) is 91.1 Å². The van der Waals surface area contributed by atoms with Gasteiger partial charge in [0.1, 0.15) is 5.56 Å². The number of thiophene rings is 1. The van der Waals surface area contributed by atoms with Crippen molar-refractivity contribution >= 4 is 34.6 Å². The van der Waals surface area contributed by atoms with Gasteiger partial charge in [0.15, 0.2) is 23.3 Å². The van der Waals surface area contributed by atoms with Gasteiger partial charge in [0.25, 0.3) is 11.5 Å². The minimum Gasteiger partial charge on any atom is -0.347 e. The van der Waals surface area contributed by atoms with Crippen LogP contribution >= 0.6 is 11.3 Å². The average Bonchev–Trinajstić information content (AvgIpc) is 3.55. The summed E-state index contributed by atoms with van der Waals surface area (Å²) in [5, 5.41) is 6.10. The molecule has 0 saturated carbocycles. The lowest BCUT2D eigenvalue weighted by Crippen LogP contribution is -2.42. The first-order chi connectivity index (χ1) is 17.4. The minimum atomic E-state index is -0.990. The number of aliphatic imine (C=N–C) groups is 2. The molecule has 1 aromatic carbocycles. The summed E-state index contributed by atoms with van der Waals surface area (Å²) in [5.41, 5.74) is 0.770. The van der Waals surface area contributed by atoms with Crippen LogP contribution in [0, 0.1) is 11.6 Å². The van der Waals surface area contributed by atoms with Gasteiger partial charge in [-0.3, -0.25) is 19.6 Å². The fourth-order valence-corrected chi connectivity index (χ4v) is 4.91. The zero-order chi connectivity index (χ0) is 25.2. The SMILES string of the molecule is CN=C1NC(c2ccc(CNC(=O)c3cccn(Cc4ccc(F)c(F)c4)c3=O)s2)=CN2CCN=C12. The van der Waals surface area contributed by atoms with Crippen LogP contribution in [-0.4, -0.2) is 47.2 Å². The number of pyridine rings is 1. The summed E-state index contributed by atoms with van der Waals surface area (Å²) in [6.07, 6.45) is 3.51. The first kappa shape index (κ1) is 23.6. The van der Waals surface area contributed by atoms with Crippen LogP contribution in [0.3, 0.4) is 0 Å². The van der Waals surface area contributed by atoms with E-state index >= 15 is 0 Å². The molecule has 0 saturated heterocycles. The predicted octanol–water partition coefficient (Wildman–Crippen LogP) is 2.81. The van der Waals surface area contributed by atoms with Gasteiger partial charge in [0.2, 0.25) is 0 Å². The van der Waals surface area contributed by atoms with E-state index in [1.165, 1.54) is 34.2 Å². The van der Waals surface area contributed by atoms with Crippen molar-refractivity contribution < 1.29 is 13.6 Å². The molecule has 2 aromatic heterocycles. The average molecular weight is 509 g/mol. The quantitative estimate of drug-likeness (QED) is 0.536. The van der Waals surface area contributed by atoms with E-state index in [1.807, 2.05) is 18.3 Å². The third kappa shape index (κ3) is 4.69. The molecule has 4 heterocycles. The van der Waals surface area contributed by atoms with E-state index in [4.69, 9.17) is 0 Å². The number of amidine groups is 2. The van der Waals surface area contributed by atoms with Crippen LogP contribution in [0.5, 0.6) is 0 Å². The highest BCUT2D eigenvalue weighted by molar-refractivity contribution is 7.13. The van der Waals surface area contributed by atoms with Crippen molar-refractivity contribution in [2.75, 3.05) is 20.1 Å². The molecule has 2 N–H and O–H groups in total. The maximum Gasteiger partial charge on any atom is 0.263 e. The van der Waals surface area contributed by atoms with Crippen molar-refractivity contribution in [2.24, 2.45) is 9.98 Å². The van der Waals surface area contributed by atoms with Gasteiger partial charge in [0, 0.05) is 30.9 Å². The Morgan fingerprint density at radius 1 is 1.22 bits per heavy atom. The summed E-state index contributed by atoms with van der Waals surface area (Å²) in [7, 11) is 1.72. The summed E-state index contributed by atoms with van der Waals surface area (Å²) in [5.74, 6) is -0.903. The zero-order valence-electron chi connectivity index (χ0n) is 19.3. The molecule has 0 aliphatic carbocycles. The van der Waals surface area contributed by atoms with E-state index in [2.05, 4.69) is 25.5 Å². The fraction of sp³-hybridized carbons (Fsp3) is 0.200. The highest BCUT2D eigenvalue weighted by Gasteiger charge is 2.26. The summed E-state index contributed by atoms with van der Waals surface area (Å²) < 4.78 is 28.0. The molecule has 3 aromatic rings. The van der Waals surface area contributed by atoms with Gasteiger partial charge in [-0.25, -0.2) is 8.78 Å². The molecule has 0 spiro atoms. The van der Waals surface area contributed by atoms with Crippen molar-refractivity contribution in [3.05, 3.63) is 97.7 Å². The number of nitrogens with one attached hydrogen (secondary N) is 2. The van der Waals surface area contributed by atoms with E-state index in [-0.39, 0.29) is 18.7 Å². The summed E-state index contributed by atoms with van der Waals surface area (Å²) in [6.45, 7) is 1.79. The molecule has 2 aliphatic rings. The number of carbonyl (C=O) groups is 1. The van der Waals surface area contributed by atoms with Crippen LogP contribution in [0.2, 0.25) is 0 Å². The Kier molecular flexibility index (Phi) is 6.47. The second-order valence-electron chi connectivity index (χ2n) is 8.19. The Morgan fingerprint density at radius 2 is 2.08 bits per heavy atom. The third-order valence-corrected chi connectivity index (χ3v) is 6.92. The molecule has 0 fully saturated rings. The van der Waals surface area contributed by atoms with E-state index in [0.29, 0.717) is 5.56 Å². The number of carbonyl (C=O) groups excluding carboxylic acids is 1. The Balaban J connectivity index is 1.26. The van der Waals surface area contributed by atoms with Gasteiger partial charge in [-0.1, -0.05) is 6.07 Å². The van der Waals surface area contributed by atoms with Crippen LogP contribution in [-0.2, 0) is 13.1 Å². The normalized spacial score (nSPS) is 15.9. The lowest BCUT2D eigenvalue weighted by Gasteiger charge is -2.25. The number of rotatable bonds is 6. The first-order valence-corrected chi connectivity index (χ1v) is 12.0. The number of halogens is 2. The number of nitrogens with zero attached hydrogens (tertiary/aromatic N) is 4. The van der Waals surface area contributed by atoms with Gasteiger partial charge in [-0.15, -0.1) is 11.3 Å². The number of hydrogen-bond acceptors (Lipinski definition) is 6. The van der Waals surface area contributed by atoms with Gasteiger partial charge in [-0.05, 0) is 42.0 Å². The Hall–Kier alpha value is -4.12. The van der Waals surface area contributed by atoms with Crippen molar-refractivity contribution in [2.45, 2.75) is 13.1 Å². The summed E-state index contributed by atoms with van der Waals surface area (Å²) >= 11 is 1.52. The van der Waals surface area contributed by atoms with Crippen LogP contribution in [0.4, 0.5) is 8.78 Å².